The monoisotopic (exact) mass is 550 g/mol. The van der Waals surface area contributed by atoms with Crippen LogP contribution in [0.2, 0.25) is 0 Å². The van der Waals surface area contributed by atoms with Crippen LogP contribution in [0, 0.1) is 0 Å². The van der Waals surface area contributed by atoms with Crippen LogP contribution in [0.15, 0.2) is 46.4 Å². The van der Waals surface area contributed by atoms with E-state index in [1.165, 1.54) is 0 Å². The highest BCUT2D eigenvalue weighted by molar-refractivity contribution is 8.76. The number of para-hydroxylation sites is 2. The van der Waals surface area contributed by atoms with E-state index in [1.807, 2.05) is 12.1 Å². The molecule has 11 heteroatoms. The van der Waals surface area contributed by atoms with Gasteiger partial charge in [-0.25, -0.2) is 0 Å². The molecule has 0 saturated carbocycles. The molecule has 4 bridgehead atoms. The second kappa shape index (κ2) is 17.9. The summed E-state index contributed by atoms with van der Waals surface area (Å²) in [5, 5.41) is 20.9. The second-order valence-electron chi connectivity index (χ2n) is 7.64. The Balaban J connectivity index is 1.50. The molecule has 9 nitrogen and oxygen atoms in total. The normalized spacial score (nSPS) is 17.9. The number of aliphatic imine (C=N–C) groups is 2. The molecule has 2 aromatic carbocycles. The highest BCUT2D eigenvalue weighted by Crippen LogP contribution is 2.29. The lowest BCUT2D eigenvalue weighted by Gasteiger charge is -2.11. The van der Waals surface area contributed by atoms with E-state index in [-0.39, 0.29) is 11.5 Å². The van der Waals surface area contributed by atoms with Crippen LogP contribution in [-0.2, 0) is 14.2 Å². The smallest absolute Gasteiger partial charge is 0.166 e. The number of hydrogen-bond acceptors (Lipinski definition) is 11. The molecule has 0 radical (unpaired) electrons. The maximum absolute atomic E-state index is 10.4. The Morgan fingerprint density at radius 3 is 1.41 bits per heavy atom. The molecule has 0 aromatic heterocycles. The van der Waals surface area contributed by atoms with Gasteiger partial charge >= 0.3 is 0 Å². The Morgan fingerprint density at radius 1 is 0.568 bits per heavy atom. The SMILES string of the molecule is Oc1c2cccc1OCCOCCOCCOCCOc1cccc(c1O)C=NCCSSCCN=C2. The minimum atomic E-state index is 0.0698. The van der Waals surface area contributed by atoms with Crippen molar-refractivity contribution >= 4 is 34.0 Å². The van der Waals surface area contributed by atoms with E-state index in [0.717, 1.165) is 11.5 Å². The van der Waals surface area contributed by atoms with Gasteiger partial charge in [-0.15, -0.1) is 0 Å². The van der Waals surface area contributed by atoms with E-state index in [0.29, 0.717) is 88.6 Å². The van der Waals surface area contributed by atoms with Crippen LogP contribution < -0.4 is 9.47 Å². The first-order valence-electron chi connectivity index (χ1n) is 12.1. The number of ether oxygens (including phenoxy) is 5. The molecule has 2 N–H and O–H groups in total. The van der Waals surface area contributed by atoms with Crippen molar-refractivity contribution < 1.29 is 33.9 Å². The van der Waals surface area contributed by atoms with Gasteiger partial charge < -0.3 is 33.9 Å². The van der Waals surface area contributed by atoms with Crippen molar-refractivity contribution in [1.29, 1.82) is 0 Å². The standard InChI is InChI=1S/C26H34N2O7S2/c29-25-21-3-1-5-23(25)34-15-13-32-11-9-31-10-12-33-14-16-35-24-6-2-4-22(26(24)30)20-28-8-18-37-36-17-7-27-19-21/h1-6,19-20,29-30H,7-18H2. The maximum atomic E-state index is 10.4. The van der Waals surface area contributed by atoms with Gasteiger partial charge in [0.1, 0.15) is 13.2 Å². The van der Waals surface area contributed by atoms with Crippen molar-refractivity contribution in [3.05, 3.63) is 47.5 Å². The zero-order valence-electron chi connectivity index (χ0n) is 20.8. The number of phenolic OH excluding ortho intramolecular Hbond substituents is 2. The third kappa shape index (κ3) is 11.2. The van der Waals surface area contributed by atoms with Crippen LogP contribution >= 0.6 is 21.6 Å². The van der Waals surface area contributed by atoms with E-state index in [9.17, 15) is 10.2 Å². The number of benzene rings is 2. The first kappa shape index (κ1) is 29.1. The van der Waals surface area contributed by atoms with E-state index in [2.05, 4.69) is 9.98 Å². The summed E-state index contributed by atoms with van der Waals surface area (Å²) in [4.78, 5) is 8.82. The van der Waals surface area contributed by atoms with Crippen molar-refractivity contribution in [1.82, 2.24) is 0 Å². The molecule has 0 amide bonds. The minimum Gasteiger partial charge on any atom is -0.504 e. The lowest BCUT2D eigenvalue weighted by Crippen LogP contribution is -2.14. The van der Waals surface area contributed by atoms with Crippen LogP contribution in [0.4, 0.5) is 0 Å². The zero-order valence-corrected chi connectivity index (χ0v) is 22.4. The number of fused-ring (bicyclic) bond motifs is 4. The van der Waals surface area contributed by atoms with Crippen LogP contribution in [0.25, 0.3) is 0 Å². The van der Waals surface area contributed by atoms with Crippen LogP contribution in [0.5, 0.6) is 23.0 Å². The van der Waals surface area contributed by atoms with Crippen LogP contribution in [0.1, 0.15) is 11.1 Å². The summed E-state index contributed by atoms with van der Waals surface area (Å²) < 4.78 is 27.8. The molecule has 0 saturated heterocycles. The first-order chi connectivity index (χ1) is 18.3. The van der Waals surface area contributed by atoms with Gasteiger partial charge in [0.2, 0.25) is 0 Å². The largest absolute Gasteiger partial charge is 0.504 e. The Bertz CT molecular complexity index is 914. The highest BCUT2D eigenvalue weighted by Gasteiger charge is 2.08. The lowest BCUT2D eigenvalue weighted by molar-refractivity contribution is 0.00479. The van der Waals surface area contributed by atoms with Gasteiger partial charge in [-0.2, -0.15) is 0 Å². The number of aromatic hydroxyl groups is 2. The lowest BCUT2D eigenvalue weighted by atomic mass is 10.2. The Kier molecular flexibility index (Phi) is 14.1. The van der Waals surface area contributed by atoms with Crippen molar-refractivity contribution in [2.45, 2.75) is 0 Å². The molecule has 1 aliphatic heterocycles. The van der Waals surface area contributed by atoms with Gasteiger partial charge in [0.05, 0.1) is 39.6 Å². The Hall–Kier alpha value is -2.44. The highest BCUT2D eigenvalue weighted by atomic mass is 33.1. The second-order valence-corrected chi connectivity index (χ2v) is 10.3. The molecule has 37 heavy (non-hydrogen) atoms. The molecule has 0 unspecified atom stereocenters. The van der Waals surface area contributed by atoms with Crippen molar-refractivity contribution in [3.8, 4) is 23.0 Å². The molecular formula is C26H34N2O7S2. The molecule has 0 spiro atoms. The van der Waals surface area contributed by atoms with Gasteiger partial charge in [-0.3, -0.25) is 9.98 Å². The summed E-state index contributed by atoms with van der Waals surface area (Å²) in [5.41, 5.74) is 1.23. The molecule has 2 aromatic rings. The molecule has 0 atom stereocenters. The van der Waals surface area contributed by atoms with E-state index in [4.69, 9.17) is 23.7 Å². The average molecular weight is 551 g/mol. The number of nitrogens with zero attached hydrogens (tertiary/aromatic N) is 2. The molecule has 1 heterocycles. The van der Waals surface area contributed by atoms with Crippen molar-refractivity contribution in [2.75, 3.05) is 77.5 Å². The van der Waals surface area contributed by atoms with E-state index < -0.39 is 0 Å². The minimum absolute atomic E-state index is 0.0698. The topological polar surface area (TPSA) is 111 Å². The Labute approximate surface area is 225 Å². The summed E-state index contributed by atoms with van der Waals surface area (Å²) in [6.07, 6.45) is 3.33. The molecule has 1 aliphatic rings. The molecule has 202 valence electrons. The number of hydrogen-bond donors (Lipinski definition) is 2. The van der Waals surface area contributed by atoms with Gasteiger partial charge in [-0.05, 0) is 24.3 Å². The van der Waals surface area contributed by atoms with Crippen LogP contribution in [0.3, 0.4) is 0 Å². The van der Waals surface area contributed by atoms with Crippen LogP contribution in [-0.4, -0.2) is 100 Å². The Morgan fingerprint density at radius 2 is 0.973 bits per heavy atom. The zero-order chi connectivity index (χ0) is 26.0. The molecule has 0 aliphatic carbocycles. The summed E-state index contributed by atoms with van der Waals surface area (Å²) >= 11 is 0. The molecule has 3 rings (SSSR count). The first-order valence-corrected chi connectivity index (χ1v) is 14.6. The quantitative estimate of drug-likeness (QED) is 0.473. The summed E-state index contributed by atoms with van der Waals surface area (Å²) in [6.45, 7) is 4.39. The summed E-state index contributed by atoms with van der Waals surface area (Å²) in [6, 6.07) is 10.7. The van der Waals surface area contributed by atoms with E-state index >= 15 is 0 Å². The predicted octanol–water partition coefficient (Wildman–Crippen LogP) is 3.84. The van der Waals surface area contributed by atoms with Crippen molar-refractivity contribution in [3.63, 3.8) is 0 Å². The van der Waals surface area contributed by atoms with Gasteiger partial charge in [0, 0.05) is 48.2 Å². The third-order valence-corrected chi connectivity index (χ3v) is 7.29. The fraction of sp³-hybridized carbons (Fsp3) is 0.462. The average Bonchev–Trinajstić information content (AvgIpc) is 2.90. The maximum Gasteiger partial charge on any atom is 0.166 e. The fourth-order valence-electron chi connectivity index (χ4n) is 3.11. The predicted molar refractivity (Wildman–Crippen MR) is 149 cm³/mol. The van der Waals surface area contributed by atoms with Gasteiger partial charge in [0.15, 0.2) is 23.0 Å². The molecule has 0 fully saturated rings. The van der Waals surface area contributed by atoms with E-state index in [1.54, 1.807) is 58.3 Å². The number of phenols is 2. The summed E-state index contributed by atoms with van der Waals surface area (Å²) in [5.74, 6) is 2.62. The molecular weight excluding hydrogens is 516 g/mol. The van der Waals surface area contributed by atoms with Gasteiger partial charge in [0.25, 0.3) is 0 Å². The third-order valence-electron chi connectivity index (χ3n) is 4.93. The van der Waals surface area contributed by atoms with Crippen molar-refractivity contribution in [2.24, 2.45) is 9.98 Å². The van der Waals surface area contributed by atoms with Gasteiger partial charge in [-0.1, -0.05) is 33.7 Å². The summed E-state index contributed by atoms with van der Waals surface area (Å²) in [7, 11) is 3.44. The fourth-order valence-corrected chi connectivity index (χ4v) is 4.86. The number of rotatable bonds is 0.